The number of nitrogens with zero attached hydrogens (tertiary/aromatic N) is 1. The van der Waals surface area contributed by atoms with Crippen molar-refractivity contribution in [3.05, 3.63) is 40.4 Å². The highest BCUT2D eigenvalue weighted by atomic mass is 32.1. The Kier molecular flexibility index (Phi) is 3.21. The van der Waals surface area contributed by atoms with Gasteiger partial charge in [0.15, 0.2) is 0 Å². The highest BCUT2D eigenvalue weighted by Gasteiger charge is 2.14. The van der Waals surface area contributed by atoms with E-state index in [9.17, 15) is 4.79 Å². The zero-order valence-electron chi connectivity index (χ0n) is 9.30. The molecule has 2 aromatic rings. The normalized spacial score (nSPS) is 10.5. The van der Waals surface area contributed by atoms with Crippen LogP contribution in [0.3, 0.4) is 0 Å². The second-order valence-corrected chi connectivity index (χ2v) is 4.64. The van der Waals surface area contributed by atoms with Gasteiger partial charge in [-0.2, -0.15) is 0 Å². The van der Waals surface area contributed by atoms with Gasteiger partial charge in [0.25, 0.3) is 0 Å². The van der Waals surface area contributed by atoms with Crippen molar-refractivity contribution in [1.82, 2.24) is 4.98 Å². The van der Waals surface area contributed by atoms with Gasteiger partial charge in [0.1, 0.15) is 9.88 Å². The topological polar surface area (TPSA) is 76.2 Å². The Morgan fingerprint density at radius 3 is 2.88 bits per heavy atom. The molecule has 17 heavy (non-hydrogen) atoms. The number of aromatic carboxylic acids is 1. The summed E-state index contributed by atoms with van der Waals surface area (Å²) in [7, 11) is 0. The van der Waals surface area contributed by atoms with E-state index in [0.717, 1.165) is 16.1 Å². The minimum atomic E-state index is -0.929. The molecule has 0 aliphatic rings. The van der Waals surface area contributed by atoms with Crippen molar-refractivity contribution in [2.45, 2.75) is 13.5 Å². The summed E-state index contributed by atoms with van der Waals surface area (Å²) in [6, 6.07) is 7.67. The van der Waals surface area contributed by atoms with Crippen molar-refractivity contribution >= 4 is 17.3 Å². The van der Waals surface area contributed by atoms with Crippen LogP contribution in [0.25, 0.3) is 10.6 Å². The van der Waals surface area contributed by atoms with Crippen LogP contribution in [0.2, 0.25) is 0 Å². The number of thiazole rings is 1. The summed E-state index contributed by atoms with van der Waals surface area (Å²) in [5.41, 5.74) is 8.04. The Morgan fingerprint density at radius 1 is 1.53 bits per heavy atom. The van der Waals surface area contributed by atoms with Gasteiger partial charge in [-0.05, 0) is 18.6 Å². The van der Waals surface area contributed by atoms with Crippen molar-refractivity contribution in [2.75, 3.05) is 0 Å². The molecule has 2 rings (SSSR count). The van der Waals surface area contributed by atoms with E-state index in [-0.39, 0.29) is 4.88 Å². The lowest BCUT2D eigenvalue weighted by molar-refractivity contribution is 0.0701. The lowest BCUT2D eigenvalue weighted by Gasteiger charge is -1.99. The molecule has 3 N–H and O–H groups in total. The van der Waals surface area contributed by atoms with Gasteiger partial charge in [-0.15, -0.1) is 11.3 Å². The minimum absolute atomic E-state index is 0.290. The average molecular weight is 248 g/mol. The van der Waals surface area contributed by atoms with Crippen molar-refractivity contribution in [3.8, 4) is 10.6 Å². The molecule has 0 fully saturated rings. The molecule has 0 bridgehead atoms. The number of aromatic nitrogens is 1. The number of hydrogen-bond donors (Lipinski definition) is 2. The summed E-state index contributed by atoms with van der Waals surface area (Å²) >= 11 is 1.19. The first-order valence-electron chi connectivity index (χ1n) is 5.12. The maximum Gasteiger partial charge on any atom is 0.347 e. The summed E-state index contributed by atoms with van der Waals surface area (Å²) in [5.74, 6) is -0.929. The molecule has 0 aliphatic carbocycles. The first kappa shape index (κ1) is 11.8. The third-order valence-corrected chi connectivity index (χ3v) is 3.59. The minimum Gasteiger partial charge on any atom is -0.477 e. The number of carboxylic acids is 1. The van der Waals surface area contributed by atoms with Crippen LogP contribution in [0.15, 0.2) is 24.3 Å². The van der Waals surface area contributed by atoms with Gasteiger partial charge in [-0.3, -0.25) is 0 Å². The van der Waals surface area contributed by atoms with Gasteiger partial charge in [0, 0.05) is 12.1 Å². The molecule has 0 atom stereocenters. The number of carboxylic acid groups (broad SMARTS) is 1. The van der Waals surface area contributed by atoms with E-state index >= 15 is 0 Å². The lowest BCUT2D eigenvalue weighted by atomic mass is 10.1. The fourth-order valence-corrected chi connectivity index (χ4v) is 2.45. The third kappa shape index (κ3) is 2.35. The molecule has 1 aromatic heterocycles. The molecule has 0 saturated heterocycles. The van der Waals surface area contributed by atoms with Crippen LogP contribution in [0.4, 0.5) is 0 Å². The first-order valence-corrected chi connectivity index (χ1v) is 5.93. The third-order valence-electron chi connectivity index (χ3n) is 2.40. The lowest BCUT2D eigenvalue weighted by Crippen LogP contribution is -1.95. The van der Waals surface area contributed by atoms with E-state index < -0.39 is 5.97 Å². The quantitative estimate of drug-likeness (QED) is 0.873. The number of nitrogens with two attached hydrogens (primary N) is 1. The molecule has 0 radical (unpaired) electrons. The fraction of sp³-hybridized carbons (Fsp3) is 0.167. The molecule has 1 heterocycles. The van der Waals surface area contributed by atoms with Gasteiger partial charge in [0.05, 0.1) is 5.69 Å². The standard InChI is InChI=1S/C12H12N2O2S/c1-7-10(12(15)16)17-11(14-7)9-4-2-3-8(5-9)6-13/h2-5H,6,13H2,1H3,(H,15,16). The van der Waals surface area contributed by atoms with E-state index in [1.807, 2.05) is 24.3 Å². The highest BCUT2D eigenvalue weighted by Crippen LogP contribution is 2.28. The van der Waals surface area contributed by atoms with Gasteiger partial charge in [-0.25, -0.2) is 9.78 Å². The Morgan fingerprint density at radius 2 is 2.29 bits per heavy atom. The number of carbonyl (C=O) groups is 1. The van der Waals surface area contributed by atoms with Crippen molar-refractivity contribution in [3.63, 3.8) is 0 Å². The molecule has 0 aliphatic heterocycles. The zero-order chi connectivity index (χ0) is 12.4. The Hall–Kier alpha value is -1.72. The molecule has 0 saturated carbocycles. The number of hydrogen-bond acceptors (Lipinski definition) is 4. The average Bonchev–Trinajstić information content (AvgIpc) is 2.71. The monoisotopic (exact) mass is 248 g/mol. The second-order valence-electron chi connectivity index (χ2n) is 3.64. The van der Waals surface area contributed by atoms with Crippen LogP contribution < -0.4 is 5.73 Å². The van der Waals surface area contributed by atoms with Gasteiger partial charge in [-0.1, -0.05) is 18.2 Å². The SMILES string of the molecule is Cc1nc(-c2cccc(CN)c2)sc1C(=O)O. The van der Waals surface area contributed by atoms with E-state index in [1.165, 1.54) is 11.3 Å². The summed E-state index contributed by atoms with van der Waals surface area (Å²) < 4.78 is 0. The molecular weight excluding hydrogens is 236 g/mol. The van der Waals surface area contributed by atoms with Crippen LogP contribution in [0.5, 0.6) is 0 Å². The largest absolute Gasteiger partial charge is 0.477 e. The van der Waals surface area contributed by atoms with Crippen LogP contribution in [0.1, 0.15) is 20.9 Å². The summed E-state index contributed by atoms with van der Waals surface area (Å²) in [5, 5.41) is 9.69. The second kappa shape index (κ2) is 4.65. The molecule has 5 heteroatoms. The van der Waals surface area contributed by atoms with E-state index in [2.05, 4.69) is 4.98 Å². The predicted molar refractivity (Wildman–Crippen MR) is 67.1 cm³/mol. The Labute approximate surface area is 103 Å². The number of rotatable bonds is 3. The zero-order valence-corrected chi connectivity index (χ0v) is 10.1. The van der Waals surface area contributed by atoms with Gasteiger partial charge in [0.2, 0.25) is 0 Å². The maximum atomic E-state index is 10.9. The van der Waals surface area contributed by atoms with Gasteiger partial charge < -0.3 is 10.8 Å². The molecular formula is C12H12N2O2S. The Balaban J connectivity index is 2.46. The van der Waals surface area contributed by atoms with E-state index in [1.54, 1.807) is 6.92 Å². The molecule has 4 nitrogen and oxygen atoms in total. The van der Waals surface area contributed by atoms with Crippen molar-refractivity contribution < 1.29 is 9.90 Å². The molecule has 0 spiro atoms. The van der Waals surface area contributed by atoms with Crippen molar-refractivity contribution in [1.29, 1.82) is 0 Å². The smallest absolute Gasteiger partial charge is 0.347 e. The van der Waals surface area contributed by atoms with Crippen LogP contribution in [-0.2, 0) is 6.54 Å². The summed E-state index contributed by atoms with van der Waals surface area (Å²) in [6.07, 6.45) is 0. The summed E-state index contributed by atoms with van der Waals surface area (Å²) in [4.78, 5) is 15.5. The van der Waals surface area contributed by atoms with Crippen LogP contribution >= 0.6 is 11.3 Å². The Bertz CT molecular complexity index is 563. The molecule has 0 amide bonds. The van der Waals surface area contributed by atoms with Crippen LogP contribution in [0, 0.1) is 6.92 Å². The van der Waals surface area contributed by atoms with Gasteiger partial charge >= 0.3 is 5.97 Å². The highest BCUT2D eigenvalue weighted by molar-refractivity contribution is 7.17. The number of aryl methyl sites for hydroxylation is 1. The predicted octanol–water partition coefficient (Wildman–Crippen LogP) is 2.28. The van der Waals surface area contributed by atoms with Crippen LogP contribution in [-0.4, -0.2) is 16.1 Å². The molecule has 0 unspecified atom stereocenters. The fourth-order valence-electron chi connectivity index (χ4n) is 1.55. The number of benzene rings is 1. The van der Waals surface area contributed by atoms with Crippen molar-refractivity contribution in [2.24, 2.45) is 5.73 Å². The first-order chi connectivity index (χ1) is 8.11. The molecule has 88 valence electrons. The molecule has 1 aromatic carbocycles. The van der Waals surface area contributed by atoms with E-state index in [4.69, 9.17) is 10.8 Å². The van der Waals surface area contributed by atoms with E-state index in [0.29, 0.717) is 12.2 Å². The maximum absolute atomic E-state index is 10.9. The summed E-state index contributed by atoms with van der Waals surface area (Å²) in [6.45, 7) is 2.17.